The first kappa shape index (κ1) is 14.9. The smallest absolute Gasteiger partial charge is 0.209 e. The van der Waals surface area contributed by atoms with Crippen LogP contribution in [-0.4, -0.2) is 35.4 Å². The van der Waals surface area contributed by atoms with Crippen LogP contribution in [0.25, 0.3) is 12.2 Å². The maximum Gasteiger partial charge on any atom is 0.209 e. The second kappa shape index (κ2) is 7.32. The zero-order valence-corrected chi connectivity index (χ0v) is 13.6. The molecule has 0 amide bonds. The summed E-state index contributed by atoms with van der Waals surface area (Å²) < 4.78 is 1.82. The molecule has 0 saturated heterocycles. The second-order valence-corrected chi connectivity index (χ2v) is 6.38. The molecule has 3 aromatic heterocycles. The predicted octanol–water partition coefficient (Wildman–Crippen LogP) is 2.73. The van der Waals surface area contributed by atoms with Crippen molar-refractivity contribution in [3.05, 3.63) is 34.0 Å². The summed E-state index contributed by atoms with van der Waals surface area (Å²) in [4.78, 5) is 5.61. The van der Waals surface area contributed by atoms with Gasteiger partial charge in [-0.1, -0.05) is 24.8 Å². The highest BCUT2D eigenvalue weighted by molar-refractivity contribution is 7.98. The first-order valence-electron chi connectivity index (χ1n) is 6.87. The minimum atomic E-state index is 0.652. The molecule has 0 saturated carbocycles. The van der Waals surface area contributed by atoms with Crippen molar-refractivity contribution >= 4 is 35.3 Å². The van der Waals surface area contributed by atoms with E-state index >= 15 is 0 Å². The van der Waals surface area contributed by atoms with Crippen LogP contribution in [0.1, 0.15) is 29.9 Å². The van der Waals surface area contributed by atoms with E-state index in [0.29, 0.717) is 10.9 Å². The number of thioether (sulfide) groups is 1. The number of aromatic amines is 1. The van der Waals surface area contributed by atoms with Crippen molar-refractivity contribution in [1.82, 2.24) is 35.4 Å². The Balaban J connectivity index is 1.58. The first-order valence-corrected chi connectivity index (χ1v) is 8.73. The number of tetrazole rings is 1. The molecule has 3 aromatic rings. The molecule has 0 bridgehead atoms. The van der Waals surface area contributed by atoms with Crippen molar-refractivity contribution in [3.8, 4) is 0 Å². The van der Waals surface area contributed by atoms with Crippen LogP contribution < -0.4 is 0 Å². The van der Waals surface area contributed by atoms with Crippen LogP contribution in [0.4, 0.5) is 0 Å². The third-order valence-electron chi connectivity index (χ3n) is 2.80. The fourth-order valence-electron chi connectivity index (χ4n) is 1.79. The largest absolute Gasteiger partial charge is 0.259 e. The number of hydrogen-bond acceptors (Lipinski definition) is 7. The fraction of sp³-hybridized carbons (Fsp3) is 0.308. The van der Waals surface area contributed by atoms with Crippen LogP contribution in [0.5, 0.6) is 0 Å². The summed E-state index contributed by atoms with van der Waals surface area (Å²) in [5.41, 5.74) is 0. The number of aromatic nitrogens is 7. The van der Waals surface area contributed by atoms with E-state index in [0.717, 1.165) is 24.6 Å². The third kappa shape index (κ3) is 3.80. The molecule has 0 aromatic carbocycles. The van der Waals surface area contributed by atoms with Gasteiger partial charge in [-0.3, -0.25) is 5.10 Å². The monoisotopic (exact) mass is 333 g/mol. The van der Waals surface area contributed by atoms with Gasteiger partial charge < -0.3 is 0 Å². The van der Waals surface area contributed by atoms with E-state index in [1.54, 1.807) is 11.3 Å². The van der Waals surface area contributed by atoms with Crippen molar-refractivity contribution in [2.75, 3.05) is 0 Å². The minimum absolute atomic E-state index is 0.652. The van der Waals surface area contributed by atoms with E-state index in [4.69, 9.17) is 0 Å². The van der Waals surface area contributed by atoms with Gasteiger partial charge in [-0.25, -0.2) is 9.67 Å². The number of H-pyrrole nitrogens is 1. The fourth-order valence-corrected chi connectivity index (χ4v) is 3.14. The molecule has 114 valence electrons. The van der Waals surface area contributed by atoms with Gasteiger partial charge in [-0.15, -0.1) is 21.5 Å². The van der Waals surface area contributed by atoms with Crippen molar-refractivity contribution in [1.29, 1.82) is 0 Å². The number of rotatable bonds is 7. The van der Waals surface area contributed by atoms with Crippen molar-refractivity contribution in [3.63, 3.8) is 0 Å². The number of thiophene rings is 1. The quantitative estimate of drug-likeness (QED) is 0.669. The van der Waals surface area contributed by atoms with Gasteiger partial charge in [0.25, 0.3) is 0 Å². The lowest BCUT2D eigenvalue weighted by molar-refractivity contribution is 0.564. The number of aryl methyl sites for hydroxylation is 1. The molecule has 0 aliphatic heterocycles. The molecule has 0 aliphatic rings. The van der Waals surface area contributed by atoms with Gasteiger partial charge in [-0.2, -0.15) is 0 Å². The van der Waals surface area contributed by atoms with Crippen LogP contribution in [0, 0.1) is 0 Å². The molecule has 3 rings (SSSR count). The van der Waals surface area contributed by atoms with Gasteiger partial charge in [0, 0.05) is 11.4 Å². The zero-order chi connectivity index (χ0) is 15.2. The van der Waals surface area contributed by atoms with E-state index in [1.165, 1.54) is 16.6 Å². The molecular weight excluding hydrogens is 318 g/mol. The Hall–Kier alpha value is -2.00. The summed E-state index contributed by atoms with van der Waals surface area (Å²) in [6.07, 6.45) is 4.94. The summed E-state index contributed by atoms with van der Waals surface area (Å²) in [7, 11) is 0. The van der Waals surface area contributed by atoms with E-state index in [2.05, 4.69) is 43.7 Å². The summed E-state index contributed by atoms with van der Waals surface area (Å²) in [5, 5.41) is 21.5. The van der Waals surface area contributed by atoms with E-state index in [1.807, 2.05) is 28.3 Å². The maximum absolute atomic E-state index is 4.42. The Morgan fingerprint density at radius 2 is 2.36 bits per heavy atom. The standard InChI is InChI=1S/C13H15N7S2/c1-2-7-20-12(16-18-19-20)9-22-13-14-11(15-17-13)6-5-10-4-3-8-21-10/h3-6,8H,2,7,9H2,1H3,(H,14,15,17)/b6-5+. The molecule has 0 spiro atoms. The molecule has 0 radical (unpaired) electrons. The average Bonchev–Trinajstić information content (AvgIpc) is 3.26. The summed E-state index contributed by atoms with van der Waals surface area (Å²) in [6, 6.07) is 4.08. The highest BCUT2D eigenvalue weighted by atomic mass is 32.2. The Morgan fingerprint density at radius 1 is 1.41 bits per heavy atom. The normalized spacial score (nSPS) is 11.5. The lowest BCUT2D eigenvalue weighted by Gasteiger charge is -2.00. The predicted molar refractivity (Wildman–Crippen MR) is 87.3 cm³/mol. The molecular formula is C13H15N7S2. The zero-order valence-electron chi connectivity index (χ0n) is 12.0. The van der Waals surface area contributed by atoms with Gasteiger partial charge in [-0.05, 0) is 40.4 Å². The van der Waals surface area contributed by atoms with Crippen LogP contribution >= 0.6 is 23.1 Å². The molecule has 9 heteroatoms. The topological polar surface area (TPSA) is 85.2 Å². The SMILES string of the molecule is CCCn1nnnc1CSc1n[nH]c(/C=C/c2cccs2)n1. The Morgan fingerprint density at radius 3 is 3.18 bits per heavy atom. The van der Waals surface area contributed by atoms with Gasteiger partial charge in [0.15, 0.2) is 5.82 Å². The summed E-state index contributed by atoms with van der Waals surface area (Å²) in [6.45, 7) is 2.92. The second-order valence-electron chi connectivity index (χ2n) is 4.46. The minimum Gasteiger partial charge on any atom is -0.259 e. The lowest BCUT2D eigenvalue weighted by atomic mass is 10.4. The Labute approximate surface area is 135 Å². The molecule has 0 aliphatic carbocycles. The van der Waals surface area contributed by atoms with Crippen LogP contribution in [0.3, 0.4) is 0 Å². The van der Waals surface area contributed by atoms with E-state index in [-0.39, 0.29) is 0 Å². The van der Waals surface area contributed by atoms with Crippen LogP contribution in [0.15, 0.2) is 22.7 Å². The highest BCUT2D eigenvalue weighted by Gasteiger charge is 2.08. The van der Waals surface area contributed by atoms with E-state index < -0.39 is 0 Å². The van der Waals surface area contributed by atoms with Crippen LogP contribution in [0.2, 0.25) is 0 Å². The van der Waals surface area contributed by atoms with Gasteiger partial charge >= 0.3 is 0 Å². The van der Waals surface area contributed by atoms with Gasteiger partial charge in [0.05, 0.1) is 5.75 Å². The Kier molecular flexibility index (Phi) is 4.96. The first-order chi connectivity index (χ1) is 10.8. The average molecular weight is 333 g/mol. The van der Waals surface area contributed by atoms with Crippen LogP contribution in [-0.2, 0) is 12.3 Å². The molecule has 0 fully saturated rings. The van der Waals surface area contributed by atoms with Gasteiger partial charge in [0.1, 0.15) is 5.82 Å². The number of nitrogens with one attached hydrogen (secondary N) is 1. The van der Waals surface area contributed by atoms with Gasteiger partial charge in [0.2, 0.25) is 5.16 Å². The third-order valence-corrected chi connectivity index (χ3v) is 4.48. The molecule has 7 nitrogen and oxygen atoms in total. The van der Waals surface area contributed by atoms with Crippen molar-refractivity contribution < 1.29 is 0 Å². The summed E-state index contributed by atoms with van der Waals surface area (Å²) >= 11 is 3.20. The van der Waals surface area contributed by atoms with Crippen molar-refractivity contribution in [2.24, 2.45) is 0 Å². The maximum atomic E-state index is 4.42. The lowest BCUT2D eigenvalue weighted by Crippen LogP contribution is -2.04. The Bertz CT molecular complexity index is 729. The molecule has 22 heavy (non-hydrogen) atoms. The number of nitrogens with zero attached hydrogens (tertiary/aromatic N) is 6. The molecule has 0 unspecified atom stereocenters. The van der Waals surface area contributed by atoms with Crippen molar-refractivity contribution in [2.45, 2.75) is 30.8 Å². The summed E-state index contributed by atoms with van der Waals surface area (Å²) in [5.74, 6) is 2.23. The van der Waals surface area contributed by atoms with E-state index in [9.17, 15) is 0 Å². The number of hydrogen-bond donors (Lipinski definition) is 1. The highest BCUT2D eigenvalue weighted by Crippen LogP contribution is 2.18. The molecule has 0 atom stereocenters. The molecule has 3 heterocycles. The molecule has 1 N–H and O–H groups in total.